The molecular formula is C12H10FNO2S. The van der Waals surface area contributed by atoms with Crippen LogP contribution in [0.25, 0.3) is 11.3 Å². The lowest BCUT2D eigenvalue weighted by Crippen LogP contribution is -1.97. The first kappa shape index (κ1) is 11.7. The third-order valence-corrected chi connectivity index (χ3v) is 3.34. The molecule has 0 amide bonds. The molecule has 88 valence electrons. The van der Waals surface area contributed by atoms with Gasteiger partial charge in [0.1, 0.15) is 10.7 Å². The van der Waals surface area contributed by atoms with Gasteiger partial charge < -0.3 is 5.11 Å². The molecule has 17 heavy (non-hydrogen) atoms. The smallest absolute Gasteiger partial charge is 0.348 e. The van der Waals surface area contributed by atoms with Crippen LogP contribution in [0.5, 0.6) is 0 Å². The van der Waals surface area contributed by atoms with Crippen molar-refractivity contribution < 1.29 is 14.3 Å². The molecule has 0 aliphatic rings. The Morgan fingerprint density at radius 3 is 2.76 bits per heavy atom. The summed E-state index contributed by atoms with van der Waals surface area (Å²) < 4.78 is 13.2. The minimum Gasteiger partial charge on any atom is -0.477 e. The Labute approximate surface area is 102 Å². The maximum Gasteiger partial charge on any atom is 0.348 e. The average Bonchev–Trinajstić information content (AvgIpc) is 2.64. The fourth-order valence-corrected chi connectivity index (χ4v) is 2.38. The number of carbonyl (C=O) groups is 1. The SMILES string of the molecule is Cc1nc(-c2cc(F)ccc2C)c(C(=O)O)s1. The van der Waals surface area contributed by atoms with Gasteiger partial charge in [-0.15, -0.1) is 11.3 Å². The first-order valence-electron chi connectivity index (χ1n) is 4.96. The number of hydrogen-bond donors (Lipinski definition) is 1. The Bertz CT molecular complexity index is 592. The topological polar surface area (TPSA) is 50.2 Å². The summed E-state index contributed by atoms with van der Waals surface area (Å²) in [4.78, 5) is 15.4. The van der Waals surface area contributed by atoms with Crippen LogP contribution < -0.4 is 0 Å². The van der Waals surface area contributed by atoms with Gasteiger partial charge in [-0.05, 0) is 31.5 Å². The zero-order chi connectivity index (χ0) is 12.6. The maximum absolute atomic E-state index is 13.2. The molecule has 0 saturated carbocycles. The molecule has 0 radical (unpaired) electrons. The van der Waals surface area contributed by atoms with Crippen molar-refractivity contribution in [1.29, 1.82) is 0 Å². The minimum absolute atomic E-state index is 0.149. The summed E-state index contributed by atoms with van der Waals surface area (Å²) in [6.07, 6.45) is 0. The number of halogens is 1. The van der Waals surface area contributed by atoms with Crippen molar-refractivity contribution >= 4 is 17.3 Å². The van der Waals surface area contributed by atoms with Crippen LogP contribution in [0.3, 0.4) is 0 Å². The molecule has 3 nitrogen and oxygen atoms in total. The van der Waals surface area contributed by atoms with Gasteiger partial charge in [0.15, 0.2) is 0 Å². The molecule has 0 atom stereocenters. The molecule has 0 unspecified atom stereocenters. The summed E-state index contributed by atoms with van der Waals surface area (Å²) in [6, 6.07) is 4.28. The third kappa shape index (κ3) is 2.19. The Morgan fingerprint density at radius 1 is 1.41 bits per heavy atom. The van der Waals surface area contributed by atoms with Crippen molar-refractivity contribution in [2.45, 2.75) is 13.8 Å². The maximum atomic E-state index is 13.2. The standard InChI is InChI=1S/C12H10FNO2S/c1-6-3-4-8(13)5-9(6)10-11(12(15)16)17-7(2)14-10/h3-5H,1-2H3,(H,15,16). The summed E-state index contributed by atoms with van der Waals surface area (Å²) in [6.45, 7) is 3.53. The van der Waals surface area contributed by atoms with E-state index in [4.69, 9.17) is 5.11 Å². The lowest BCUT2D eigenvalue weighted by Gasteiger charge is -2.03. The number of aromatic nitrogens is 1. The molecule has 0 bridgehead atoms. The number of aryl methyl sites for hydroxylation is 2. The quantitative estimate of drug-likeness (QED) is 0.891. The monoisotopic (exact) mass is 251 g/mol. The Kier molecular flexibility index (Phi) is 2.93. The average molecular weight is 251 g/mol. The van der Waals surface area contributed by atoms with Crippen molar-refractivity contribution in [3.63, 3.8) is 0 Å². The summed E-state index contributed by atoms with van der Waals surface area (Å²) in [5, 5.41) is 9.73. The van der Waals surface area contributed by atoms with Crippen LogP contribution in [-0.2, 0) is 0 Å². The second-order valence-electron chi connectivity index (χ2n) is 3.68. The highest BCUT2D eigenvalue weighted by Crippen LogP contribution is 2.30. The molecule has 2 aromatic rings. The van der Waals surface area contributed by atoms with Gasteiger partial charge in [-0.25, -0.2) is 14.2 Å². The van der Waals surface area contributed by atoms with Gasteiger partial charge in [0, 0.05) is 5.56 Å². The zero-order valence-electron chi connectivity index (χ0n) is 9.32. The van der Waals surface area contributed by atoms with Gasteiger partial charge >= 0.3 is 5.97 Å². The van der Waals surface area contributed by atoms with Gasteiger partial charge in [0.25, 0.3) is 0 Å². The Balaban J connectivity index is 2.67. The van der Waals surface area contributed by atoms with E-state index in [9.17, 15) is 9.18 Å². The highest BCUT2D eigenvalue weighted by atomic mass is 32.1. The Hall–Kier alpha value is -1.75. The van der Waals surface area contributed by atoms with Crippen LogP contribution in [0, 0.1) is 19.7 Å². The van der Waals surface area contributed by atoms with Gasteiger partial charge in [0.2, 0.25) is 0 Å². The lowest BCUT2D eigenvalue weighted by molar-refractivity contribution is 0.0702. The largest absolute Gasteiger partial charge is 0.477 e. The molecule has 2 rings (SSSR count). The fraction of sp³-hybridized carbons (Fsp3) is 0.167. The highest BCUT2D eigenvalue weighted by Gasteiger charge is 2.18. The second-order valence-corrected chi connectivity index (χ2v) is 4.88. The fourth-order valence-electron chi connectivity index (χ4n) is 1.60. The van der Waals surface area contributed by atoms with E-state index >= 15 is 0 Å². The molecule has 0 saturated heterocycles. The molecule has 0 aliphatic carbocycles. The van der Waals surface area contributed by atoms with E-state index in [0.29, 0.717) is 16.3 Å². The number of rotatable bonds is 2. The summed E-state index contributed by atoms with van der Waals surface area (Å²) in [5.74, 6) is -1.43. The molecule has 0 spiro atoms. The van der Waals surface area contributed by atoms with Crippen LogP contribution in [0.4, 0.5) is 4.39 Å². The van der Waals surface area contributed by atoms with E-state index in [1.165, 1.54) is 12.1 Å². The van der Waals surface area contributed by atoms with Crippen LogP contribution >= 0.6 is 11.3 Å². The van der Waals surface area contributed by atoms with Crippen LogP contribution in [-0.4, -0.2) is 16.1 Å². The third-order valence-electron chi connectivity index (χ3n) is 2.38. The number of nitrogens with zero attached hydrogens (tertiary/aromatic N) is 1. The normalized spacial score (nSPS) is 10.5. The first-order valence-corrected chi connectivity index (χ1v) is 5.78. The van der Waals surface area contributed by atoms with E-state index in [1.54, 1.807) is 19.9 Å². The number of carboxylic acid groups (broad SMARTS) is 1. The van der Waals surface area contributed by atoms with E-state index in [2.05, 4.69) is 4.98 Å². The van der Waals surface area contributed by atoms with Gasteiger partial charge in [-0.3, -0.25) is 0 Å². The minimum atomic E-state index is -1.03. The highest BCUT2D eigenvalue weighted by molar-refractivity contribution is 7.14. The molecule has 5 heteroatoms. The molecule has 0 aliphatic heterocycles. The van der Waals surface area contributed by atoms with Crippen LogP contribution in [0.15, 0.2) is 18.2 Å². The molecule has 1 N–H and O–H groups in total. The van der Waals surface area contributed by atoms with Crippen molar-refractivity contribution in [1.82, 2.24) is 4.98 Å². The Morgan fingerprint density at radius 2 is 2.12 bits per heavy atom. The number of thiazole rings is 1. The zero-order valence-corrected chi connectivity index (χ0v) is 10.1. The lowest BCUT2D eigenvalue weighted by atomic mass is 10.0. The molecule has 1 aromatic heterocycles. The van der Waals surface area contributed by atoms with E-state index in [1.807, 2.05) is 0 Å². The summed E-state index contributed by atoms with van der Waals surface area (Å²) in [5.41, 5.74) is 1.68. The van der Waals surface area contributed by atoms with Crippen LogP contribution in [0.1, 0.15) is 20.2 Å². The van der Waals surface area contributed by atoms with Crippen molar-refractivity contribution in [3.8, 4) is 11.3 Å². The number of aromatic carboxylic acids is 1. The predicted molar refractivity (Wildman–Crippen MR) is 63.9 cm³/mol. The van der Waals surface area contributed by atoms with Gasteiger partial charge in [-0.1, -0.05) is 6.07 Å². The van der Waals surface area contributed by atoms with E-state index in [0.717, 1.165) is 16.9 Å². The second kappa shape index (κ2) is 4.25. The predicted octanol–water partition coefficient (Wildman–Crippen LogP) is 3.26. The van der Waals surface area contributed by atoms with Crippen molar-refractivity contribution in [2.75, 3.05) is 0 Å². The summed E-state index contributed by atoms with van der Waals surface area (Å²) >= 11 is 1.10. The molecular weight excluding hydrogens is 241 g/mol. The molecule has 1 heterocycles. The number of benzene rings is 1. The van der Waals surface area contributed by atoms with E-state index < -0.39 is 11.8 Å². The van der Waals surface area contributed by atoms with E-state index in [-0.39, 0.29) is 4.88 Å². The molecule has 1 aromatic carbocycles. The van der Waals surface area contributed by atoms with Gasteiger partial charge in [-0.2, -0.15) is 0 Å². The van der Waals surface area contributed by atoms with Gasteiger partial charge in [0.05, 0.1) is 10.7 Å². The van der Waals surface area contributed by atoms with Crippen LogP contribution in [0.2, 0.25) is 0 Å². The first-order chi connectivity index (χ1) is 7.99. The number of carboxylic acids is 1. The number of hydrogen-bond acceptors (Lipinski definition) is 3. The summed E-state index contributed by atoms with van der Waals surface area (Å²) in [7, 11) is 0. The van der Waals surface area contributed by atoms with Crippen molar-refractivity contribution in [2.24, 2.45) is 0 Å². The molecule has 0 fully saturated rings. The van der Waals surface area contributed by atoms with Crippen molar-refractivity contribution in [3.05, 3.63) is 39.5 Å².